The van der Waals surface area contributed by atoms with Crippen LogP contribution in [0.1, 0.15) is 0 Å². The number of hydrogen-bond donors (Lipinski definition) is 1. The second-order valence-corrected chi connectivity index (χ2v) is 8.35. The fourth-order valence-electron chi connectivity index (χ4n) is 3.50. The van der Waals surface area contributed by atoms with Crippen molar-refractivity contribution in [2.75, 3.05) is 21.1 Å². The minimum Gasteiger partial charge on any atom is -0.310 e. The summed E-state index contributed by atoms with van der Waals surface area (Å²) in [6, 6.07) is 16.4. The number of para-hydroxylation sites is 1. The third-order valence-electron chi connectivity index (χ3n) is 5.08. The molecule has 7 heteroatoms. The number of aromatic nitrogens is 3. The minimum absolute atomic E-state index is 0.198. The van der Waals surface area contributed by atoms with Crippen LogP contribution in [0, 0.1) is 0 Å². The van der Waals surface area contributed by atoms with Crippen LogP contribution >= 0.6 is 11.6 Å². The van der Waals surface area contributed by atoms with E-state index in [0.29, 0.717) is 31.8 Å². The number of fused-ring (bicyclic) bond motifs is 1. The lowest BCUT2D eigenvalue weighted by Crippen LogP contribution is -2.34. The first-order valence-electron chi connectivity index (χ1n) is 9.20. The van der Waals surface area contributed by atoms with E-state index in [2.05, 4.69) is 26.2 Å². The molecule has 0 radical (unpaired) electrons. The highest BCUT2D eigenvalue weighted by Crippen LogP contribution is 2.29. The van der Waals surface area contributed by atoms with Gasteiger partial charge in [-0.3, -0.25) is 19.2 Å². The lowest BCUT2D eigenvalue weighted by molar-refractivity contribution is 0.486. The van der Waals surface area contributed by atoms with Gasteiger partial charge < -0.3 is 4.57 Å². The monoisotopic (exact) mass is 409 g/mol. The minimum atomic E-state index is -0.255. The van der Waals surface area contributed by atoms with Crippen molar-refractivity contribution in [1.29, 1.82) is 0 Å². The second kappa shape index (κ2) is 6.76. The van der Waals surface area contributed by atoms with Crippen molar-refractivity contribution >= 4 is 28.2 Å². The lowest BCUT2D eigenvalue weighted by Gasteiger charge is -2.24. The highest BCUT2D eigenvalue weighted by molar-refractivity contribution is 6.32. The Labute approximate surface area is 172 Å². The van der Waals surface area contributed by atoms with Crippen molar-refractivity contribution in [3.05, 3.63) is 80.3 Å². The molecule has 6 nitrogen and oxygen atoms in total. The Morgan fingerprint density at radius 3 is 2.38 bits per heavy atom. The smallest absolute Gasteiger partial charge is 0.281 e. The Morgan fingerprint density at radius 1 is 0.966 bits per heavy atom. The maximum atomic E-state index is 13.4. The highest BCUT2D eigenvalue weighted by Gasteiger charge is 2.20. The highest BCUT2D eigenvalue weighted by atomic mass is 35.5. The molecular formula is C22H22ClN4O2+. The van der Waals surface area contributed by atoms with Gasteiger partial charge in [0.15, 0.2) is 0 Å². The zero-order valence-corrected chi connectivity index (χ0v) is 17.5. The van der Waals surface area contributed by atoms with Crippen molar-refractivity contribution < 1.29 is 0 Å². The summed E-state index contributed by atoms with van der Waals surface area (Å²) in [5.41, 5.74) is 3.01. The largest absolute Gasteiger partial charge is 0.310 e. The van der Waals surface area contributed by atoms with Crippen molar-refractivity contribution in [2.45, 2.75) is 0 Å². The van der Waals surface area contributed by atoms with Crippen molar-refractivity contribution in [3.63, 3.8) is 0 Å². The van der Waals surface area contributed by atoms with E-state index in [1.807, 2.05) is 30.3 Å². The molecule has 0 aliphatic carbocycles. The number of H-pyrrole nitrogens is 1. The van der Waals surface area contributed by atoms with E-state index < -0.39 is 0 Å². The van der Waals surface area contributed by atoms with Crippen molar-refractivity contribution in [3.8, 4) is 16.9 Å². The molecule has 0 amide bonds. The number of hydrogen-bond acceptors (Lipinski definition) is 2. The van der Waals surface area contributed by atoms with Gasteiger partial charge in [0.25, 0.3) is 11.1 Å². The number of quaternary nitrogens is 1. The molecule has 148 valence electrons. The Balaban J connectivity index is 2.08. The van der Waals surface area contributed by atoms with Gasteiger partial charge >= 0.3 is 0 Å². The van der Waals surface area contributed by atoms with E-state index >= 15 is 0 Å². The van der Waals surface area contributed by atoms with Gasteiger partial charge in [-0.1, -0.05) is 35.9 Å². The van der Waals surface area contributed by atoms with E-state index in [1.54, 1.807) is 25.2 Å². The summed E-state index contributed by atoms with van der Waals surface area (Å²) < 4.78 is 3.53. The number of halogens is 1. The predicted molar refractivity (Wildman–Crippen MR) is 119 cm³/mol. The molecule has 0 saturated heterocycles. The quantitative estimate of drug-likeness (QED) is 0.526. The normalized spacial score (nSPS) is 11.9. The summed E-state index contributed by atoms with van der Waals surface area (Å²) in [5.74, 6) is 0. The van der Waals surface area contributed by atoms with Gasteiger partial charge in [0.1, 0.15) is 5.69 Å². The first-order valence-corrected chi connectivity index (χ1v) is 9.58. The Morgan fingerprint density at radius 2 is 1.69 bits per heavy atom. The summed E-state index contributed by atoms with van der Waals surface area (Å²) >= 11 is 6.30. The van der Waals surface area contributed by atoms with Crippen LogP contribution in [0.15, 0.2) is 64.2 Å². The predicted octanol–water partition coefficient (Wildman–Crippen LogP) is 3.53. The van der Waals surface area contributed by atoms with E-state index in [0.717, 1.165) is 11.3 Å². The van der Waals surface area contributed by atoms with Gasteiger partial charge in [0, 0.05) is 24.7 Å². The summed E-state index contributed by atoms with van der Waals surface area (Å²) in [4.78, 5) is 26.0. The zero-order chi connectivity index (χ0) is 20.9. The number of pyridine rings is 1. The van der Waals surface area contributed by atoms with Crippen LogP contribution in [-0.2, 0) is 7.05 Å². The molecule has 29 heavy (non-hydrogen) atoms. The van der Waals surface area contributed by atoms with Crippen LogP contribution in [0.25, 0.3) is 27.8 Å². The molecule has 0 fully saturated rings. The summed E-state index contributed by atoms with van der Waals surface area (Å²) in [6.07, 6.45) is 0. The number of nitrogens with zero attached hydrogens (tertiary/aromatic N) is 3. The van der Waals surface area contributed by atoms with Crippen molar-refractivity contribution in [1.82, 2.24) is 18.8 Å². The van der Waals surface area contributed by atoms with Gasteiger partial charge in [-0.15, -0.1) is 0 Å². The topological polar surface area (TPSA) is 59.8 Å². The SMILES string of the molecule is Cn1c(-c2cccc([N+](C)(C)C)c2)c2c(=O)n(-c3ccccc3Cl)[nH]c2cc1=O. The average molecular weight is 410 g/mol. The molecule has 2 aromatic carbocycles. The van der Waals surface area contributed by atoms with E-state index in [4.69, 9.17) is 11.6 Å². The average Bonchev–Trinajstić information content (AvgIpc) is 2.98. The van der Waals surface area contributed by atoms with Gasteiger partial charge in [0.2, 0.25) is 0 Å². The van der Waals surface area contributed by atoms with Crippen LogP contribution < -0.4 is 15.6 Å². The Kier molecular flexibility index (Phi) is 4.48. The number of nitrogens with one attached hydrogen (secondary N) is 1. The standard InChI is InChI=1S/C22H21ClN4O2/c1-25-19(28)13-17-20(21(25)14-8-7-9-15(12-14)27(2,3)4)22(29)26(24-17)18-11-6-5-10-16(18)23/h5-13H,1-4H3/p+1. The molecule has 0 spiro atoms. The number of aromatic amines is 1. The summed E-state index contributed by atoms with van der Waals surface area (Å²) in [5, 5.41) is 3.94. The van der Waals surface area contributed by atoms with Gasteiger partial charge in [-0.2, -0.15) is 0 Å². The van der Waals surface area contributed by atoms with Crippen LogP contribution in [0.4, 0.5) is 5.69 Å². The maximum absolute atomic E-state index is 13.4. The number of rotatable bonds is 3. The first kappa shape index (κ1) is 19.2. The third kappa shape index (κ3) is 3.20. The van der Waals surface area contributed by atoms with E-state index in [9.17, 15) is 9.59 Å². The van der Waals surface area contributed by atoms with E-state index in [-0.39, 0.29) is 11.1 Å². The molecule has 0 aliphatic rings. The molecule has 2 heterocycles. The van der Waals surface area contributed by atoms with Gasteiger partial charge in [-0.05, 0) is 18.2 Å². The molecule has 0 unspecified atom stereocenters. The van der Waals surface area contributed by atoms with Gasteiger partial charge in [-0.25, -0.2) is 4.68 Å². The second-order valence-electron chi connectivity index (χ2n) is 7.95. The van der Waals surface area contributed by atoms with Crippen LogP contribution in [0.2, 0.25) is 5.02 Å². The first-order chi connectivity index (χ1) is 13.7. The Hall–Kier alpha value is -3.09. The fraction of sp³-hybridized carbons (Fsp3) is 0.182. The van der Waals surface area contributed by atoms with Gasteiger partial charge in [0.05, 0.1) is 48.4 Å². The maximum Gasteiger partial charge on any atom is 0.281 e. The molecule has 2 aromatic heterocycles. The fourth-order valence-corrected chi connectivity index (χ4v) is 3.72. The lowest BCUT2D eigenvalue weighted by atomic mass is 10.1. The molecule has 0 bridgehead atoms. The third-order valence-corrected chi connectivity index (χ3v) is 5.40. The molecular weight excluding hydrogens is 388 g/mol. The van der Waals surface area contributed by atoms with Crippen LogP contribution in [0.3, 0.4) is 0 Å². The summed E-state index contributed by atoms with van der Waals surface area (Å²) in [6.45, 7) is 0. The molecule has 4 rings (SSSR count). The summed E-state index contributed by atoms with van der Waals surface area (Å²) in [7, 11) is 7.89. The van der Waals surface area contributed by atoms with Crippen molar-refractivity contribution in [2.24, 2.45) is 7.05 Å². The zero-order valence-electron chi connectivity index (χ0n) is 16.7. The molecule has 1 N–H and O–H groups in total. The molecule has 0 aliphatic heterocycles. The van der Waals surface area contributed by atoms with E-state index in [1.165, 1.54) is 15.3 Å². The van der Waals surface area contributed by atoms with Crippen LogP contribution in [-0.4, -0.2) is 35.5 Å². The molecule has 4 aromatic rings. The molecule has 0 atom stereocenters. The Bertz CT molecular complexity index is 1360. The number of benzene rings is 2. The van der Waals surface area contributed by atoms with Crippen LogP contribution in [0.5, 0.6) is 0 Å². The molecule has 0 saturated carbocycles.